The van der Waals surface area contributed by atoms with Crippen LogP contribution in [-0.2, 0) is 24.8 Å². The van der Waals surface area contributed by atoms with E-state index in [0.717, 1.165) is 0 Å². The summed E-state index contributed by atoms with van der Waals surface area (Å²) >= 11 is 0. The van der Waals surface area contributed by atoms with Crippen molar-refractivity contribution in [2.75, 3.05) is 21.3 Å². The molecule has 0 radical (unpaired) electrons. The fraction of sp³-hybridized carbons (Fsp3) is 0.500. The van der Waals surface area contributed by atoms with Crippen molar-refractivity contribution in [2.24, 2.45) is 0 Å². The second-order valence-electron chi connectivity index (χ2n) is 4.06. The zero-order chi connectivity index (χ0) is 13.6. The van der Waals surface area contributed by atoms with E-state index in [4.69, 9.17) is 14.2 Å². The van der Waals surface area contributed by atoms with Gasteiger partial charge in [0, 0.05) is 33.3 Å². The molecule has 0 saturated heterocycles. The van der Waals surface area contributed by atoms with Crippen molar-refractivity contribution in [2.45, 2.75) is 25.2 Å². The highest BCUT2D eigenvalue weighted by atomic mass is 16.7. The van der Waals surface area contributed by atoms with Gasteiger partial charge in [0.1, 0.15) is 0 Å². The molecule has 0 aliphatic rings. The molecule has 0 amide bonds. The Kier molecular flexibility index (Phi) is 5.47. The van der Waals surface area contributed by atoms with Gasteiger partial charge in [-0.1, -0.05) is 30.3 Å². The summed E-state index contributed by atoms with van der Waals surface area (Å²) in [4.78, 5) is 12.4. The van der Waals surface area contributed by atoms with Gasteiger partial charge in [-0.3, -0.25) is 4.79 Å². The summed E-state index contributed by atoms with van der Waals surface area (Å²) in [5.41, 5.74) is 0.684. The van der Waals surface area contributed by atoms with Crippen LogP contribution in [0.4, 0.5) is 0 Å². The van der Waals surface area contributed by atoms with Gasteiger partial charge in [-0.2, -0.15) is 0 Å². The van der Waals surface area contributed by atoms with E-state index in [2.05, 4.69) is 0 Å². The number of ketones is 1. The monoisotopic (exact) mass is 252 g/mol. The van der Waals surface area contributed by atoms with Crippen molar-refractivity contribution in [3.63, 3.8) is 0 Å². The van der Waals surface area contributed by atoms with E-state index < -0.39 is 5.79 Å². The molecule has 18 heavy (non-hydrogen) atoms. The van der Waals surface area contributed by atoms with Crippen molar-refractivity contribution < 1.29 is 19.0 Å². The van der Waals surface area contributed by atoms with Crippen LogP contribution in [0.15, 0.2) is 30.3 Å². The minimum atomic E-state index is -1.35. The minimum Gasteiger partial charge on any atom is -0.381 e. The van der Waals surface area contributed by atoms with E-state index in [1.54, 1.807) is 7.11 Å². The Morgan fingerprint density at radius 1 is 1.17 bits per heavy atom. The number of methoxy groups -OCH3 is 3. The summed E-state index contributed by atoms with van der Waals surface area (Å²) in [7, 11) is 4.50. The molecule has 0 saturated carbocycles. The zero-order valence-corrected chi connectivity index (χ0v) is 11.3. The lowest BCUT2D eigenvalue weighted by atomic mass is 9.97. The van der Waals surface area contributed by atoms with Crippen LogP contribution < -0.4 is 0 Å². The first-order valence-corrected chi connectivity index (χ1v) is 5.82. The van der Waals surface area contributed by atoms with Crippen LogP contribution in [0.2, 0.25) is 0 Å². The Hall–Kier alpha value is -1.23. The maximum absolute atomic E-state index is 12.4. The number of rotatable bonds is 7. The van der Waals surface area contributed by atoms with Crippen molar-refractivity contribution in [1.29, 1.82) is 0 Å². The van der Waals surface area contributed by atoms with Gasteiger partial charge in [-0.25, -0.2) is 0 Å². The number of Topliss-reactive ketones (excluding diaryl/α,β-unsaturated/α-hetero) is 1. The fourth-order valence-electron chi connectivity index (χ4n) is 1.84. The van der Waals surface area contributed by atoms with Crippen molar-refractivity contribution >= 4 is 5.78 Å². The predicted molar refractivity (Wildman–Crippen MR) is 68.2 cm³/mol. The molecular weight excluding hydrogens is 232 g/mol. The van der Waals surface area contributed by atoms with Gasteiger partial charge in [0.15, 0.2) is 5.78 Å². The lowest BCUT2D eigenvalue weighted by molar-refractivity contribution is -0.215. The summed E-state index contributed by atoms with van der Waals surface area (Å²) in [6.07, 6.45) is 0.0541. The molecule has 4 heteroatoms. The van der Waals surface area contributed by atoms with Gasteiger partial charge < -0.3 is 14.2 Å². The smallest absolute Gasteiger partial charge is 0.256 e. The van der Waals surface area contributed by atoms with Gasteiger partial charge in [-0.05, 0) is 6.92 Å². The summed E-state index contributed by atoms with van der Waals surface area (Å²) in [6.45, 7) is 1.83. The van der Waals surface area contributed by atoms with E-state index in [-0.39, 0.29) is 18.3 Å². The third-order valence-electron chi connectivity index (χ3n) is 2.97. The topological polar surface area (TPSA) is 44.8 Å². The Morgan fingerprint density at radius 3 is 2.17 bits per heavy atom. The van der Waals surface area contributed by atoms with E-state index in [9.17, 15) is 4.79 Å². The largest absolute Gasteiger partial charge is 0.381 e. The van der Waals surface area contributed by atoms with Gasteiger partial charge in [0.05, 0.1) is 6.10 Å². The van der Waals surface area contributed by atoms with Crippen LogP contribution in [-0.4, -0.2) is 33.2 Å². The van der Waals surface area contributed by atoms with Gasteiger partial charge in [-0.15, -0.1) is 0 Å². The van der Waals surface area contributed by atoms with E-state index in [0.29, 0.717) is 5.56 Å². The molecule has 0 N–H and O–H groups in total. The molecule has 0 aliphatic carbocycles. The highest BCUT2D eigenvalue weighted by Crippen LogP contribution is 2.29. The summed E-state index contributed by atoms with van der Waals surface area (Å²) < 4.78 is 15.8. The van der Waals surface area contributed by atoms with E-state index >= 15 is 0 Å². The second kappa shape index (κ2) is 6.64. The first-order valence-electron chi connectivity index (χ1n) is 5.82. The van der Waals surface area contributed by atoms with Crippen LogP contribution in [0.3, 0.4) is 0 Å². The average Bonchev–Trinajstić information content (AvgIpc) is 2.42. The molecule has 1 rings (SSSR count). The number of benzene rings is 1. The molecule has 0 spiro atoms. The second-order valence-corrected chi connectivity index (χ2v) is 4.06. The third kappa shape index (κ3) is 2.96. The quantitative estimate of drug-likeness (QED) is 0.697. The minimum absolute atomic E-state index is 0.159. The predicted octanol–water partition coefficient (Wildman–Crippen LogP) is 2.13. The number of carbonyl (C=O) groups excluding carboxylic acids is 1. The fourth-order valence-corrected chi connectivity index (χ4v) is 1.84. The number of hydrogen-bond donors (Lipinski definition) is 0. The lowest BCUT2D eigenvalue weighted by Gasteiger charge is -2.30. The molecule has 0 fully saturated rings. The first kappa shape index (κ1) is 14.8. The van der Waals surface area contributed by atoms with Crippen LogP contribution >= 0.6 is 0 Å². The summed E-state index contributed by atoms with van der Waals surface area (Å²) in [6, 6.07) is 9.18. The van der Waals surface area contributed by atoms with Crippen LogP contribution in [0.25, 0.3) is 0 Å². The van der Waals surface area contributed by atoms with Crippen LogP contribution in [0.1, 0.15) is 18.9 Å². The van der Waals surface area contributed by atoms with Crippen molar-refractivity contribution in [1.82, 2.24) is 0 Å². The van der Waals surface area contributed by atoms with Crippen LogP contribution in [0, 0.1) is 0 Å². The van der Waals surface area contributed by atoms with Gasteiger partial charge in [0.25, 0.3) is 5.79 Å². The SMILES string of the molecule is COC(C)CC(=O)C(OC)(OC)c1ccccc1. The van der Waals surface area contributed by atoms with Gasteiger partial charge >= 0.3 is 0 Å². The molecule has 0 bridgehead atoms. The lowest BCUT2D eigenvalue weighted by Crippen LogP contribution is -2.41. The number of carbonyl (C=O) groups is 1. The Bertz CT molecular complexity index is 371. The molecule has 1 atom stereocenters. The molecule has 100 valence electrons. The maximum atomic E-state index is 12.4. The van der Waals surface area contributed by atoms with Crippen molar-refractivity contribution in [3.05, 3.63) is 35.9 Å². The first-order chi connectivity index (χ1) is 8.60. The average molecular weight is 252 g/mol. The van der Waals surface area contributed by atoms with Crippen LogP contribution in [0.5, 0.6) is 0 Å². The molecular formula is C14H20O4. The standard InChI is InChI=1S/C14H20O4/c1-11(16-2)10-13(15)14(17-3,18-4)12-8-6-5-7-9-12/h5-9,11H,10H2,1-4H3. The maximum Gasteiger partial charge on any atom is 0.256 e. The third-order valence-corrected chi connectivity index (χ3v) is 2.97. The normalized spacial score (nSPS) is 13.3. The highest BCUT2D eigenvalue weighted by Gasteiger charge is 2.40. The molecule has 1 unspecified atom stereocenters. The Balaban J connectivity index is 3.04. The zero-order valence-electron chi connectivity index (χ0n) is 11.3. The Labute approximate surface area is 108 Å². The van der Waals surface area contributed by atoms with Crippen molar-refractivity contribution in [3.8, 4) is 0 Å². The number of ether oxygens (including phenoxy) is 3. The van der Waals surface area contributed by atoms with E-state index in [1.165, 1.54) is 14.2 Å². The molecule has 0 aliphatic heterocycles. The molecule has 0 aromatic heterocycles. The summed E-state index contributed by atoms with van der Waals surface area (Å²) in [5.74, 6) is -1.51. The molecule has 4 nitrogen and oxygen atoms in total. The number of hydrogen-bond acceptors (Lipinski definition) is 4. The van der Waals surface area contributed by atoms with Gasteiger partial charge in [0.2, 0.25) is 0 Å². The molecule has 1 aromatic rings. The highest BCUT2D eigenvalue weighted by molar-refractivity contribution is 5.87. The molecule has 0 heterocycles. The Morgan fingerprint density at radius 2 is 1.72 bits per heavy atom. The molecule has 1 aromatic carbocycles. The summed E-state index contributed by atoms with van der Waals surface area (Å²) in [5, 5.41) is 0. The van der Waals surface area contributed by atoms with E-state index in [1.807, 2.05) is 37.3 Å².